The number of amides is 4. The highest BCUT2D eigenvalue weighted by atomic mass is 28.3. The van der Waals surface area contributed by atoms with Crippen molar-refractivity contribution in [3.05, 3.63) is 71.4 Å². The molecule has 0 spiro atoms. The average Bonchev–Trinajstić information content (AvgIpc) is 4.07. The van der Waals surface area contributed by atoms with E-state index in [1.165, 1.54) is 14.2 Å². The number of nitrogens with one attached hydrogen (secondary N) is 3. The molecule has 4 aromatic rings. The van der Waals surface area contributed by atoms with Crippen molar-refractivity contribution in [1.29, 1.82) is 0 Å². The van der Waals surface area contributed by atoms with Gasteiger partial charge in [-0.2, -0.15) is 0 Å². The summed E-state index contributed by atoms with van der Waals surface area (Å²) in [4.78, 5) is 68.6. The Balaban J connectivity index is 1.20. The molecule has 15 nitrogen and oxygen atoms in total. The molecule has 0 aliphatic carbocycles. The lowest BCUT2D eigenvalue weighted by atomic mass is 10.0. The van der Waals surface area contributed by atoms with Gasteiger partial charge >= 0.3 is 12.2 Å². The number of hydrogen-bond donors (Lipinski definition) is 3. The van der Waals surface area contributed by atoms with Crippen molar-refractivity contribution < 1.29 is 33.4 Å². The molecular weight excluding hydrogens is 805 g/mol. The molecule has 2 aliphatic heterocycles. The van der Waals surface area contributed by atoms with Crippen molar-refractivity contribution in [1.82, 2.24) is 40.0 Å². The summed E-state index contributed by atoms with van der Waals surface area (Å²) < 4.78 is 18.0. The fourth-order valence-corrected chi connectivity index (χ4v) is 8.82. The third-order valence-corrected chi connectivity index (χ3v) is 13.3. The summed E-state index contributed by atoms with van der Waals surface area (Å²) in [6.07, 6.45) is 3.74. The highest BCUT2D eigenvalue weighted by Crippen LogP contribution is 2.36. The summed E-state index contributed by atoms with van der Waals surface area (Å²) >= 11 is 0. The van der Waals surface area contributed by atoms with E-state index in [1.54, 1.807) is 4.90 Å². The first-order valence-corrected chi connectivity index (χ1v) is 25.3. The van der Waals surface area contributed by atoms with Crippen molar-refractivity contribution in [2.24, 2.45) is 11.8 Å². The summed E-state index contributed by atoms with van der Waals surface area (Å²) in [7, 11) is 1.25. The molecule has 16 heteroatoms. The topological polar surface area (TPSA) is 173 Å². The molecule has 2 fully saturated rings. The van der Waals surface area contributed by atoms with Crippen molar-refractivity contribution in [2.45, 2.75) is 110 Å². The number of nitrogens with zero attached hydrogens (tertiary/aromatic N) is 5. The first-order valence-electron chi connectivity index (χ1n) is 21.6. The van der Waals surface area contributed by atoms with Crippen LogP contribution in [0, 0.1) is 23.7 Å². The minimum absolute atomic E-state index is 0.120. The molecule has 6 rings (SSSR count). The molecule has 2 aromatic heterocycles. The lowest BCUT2D eigenvalue weighted by molar-refractivity contribution is -0.136. The number of rotatable bonds is 14. The second-order valence-electron chi connectivity index (χ2n) is 18.1. The van der Waals surface area contributed by atoms with Crippen LogP contribution in [0.3, 0.4) is 0 Å². The largest absolute Gasteiger partial charge is 0.453 e. The van der Waals surface area contributed by atoms with E-state index in [9.17, 15) is 19.2 Å². The first-order chi connectivity index (χ1) is 29.6. The highest BCUT2D eigenvalue weighted by Gasteiger charge is 2.39. The molecule has 4 atom stereocenters. The second-order valence-corrected chi connectivity index (χ2v) is 23.7. The number of H-pyrrole nitrogens is 1. The lowest BCUT2D eigenvalue weighted by Crippen LogP contribution is -2.51. The minimum Gasteiger partial charge on any atom is -0.453 e. The lowest BCUT2D eigenvalue weighted by Gasteiger charge is -2.31. The fourth-order valence-electron chi connectivity index (χ4n) is 8.06. The number of benzene rings is 2. The maximum atomic E-state index is 14.0. The standard InChI is InChI=1S/C46H62N8O7Si/c1-29(2)39(50-45(57)59-5)43(55)52-22-10-12-36(52)41-48-34-21-18-32(26-35(34)49-41)15-14-31-16-19-33(20-17-31)38-27-47-42(54(38)28-61-24-25-62(7,8)9)37-13-11-23-53(37)44(56)40(30(3)4)51-46(58)60-6/h16-21,26-27,29-30,36-37,39-40H,10-13,22-25,28H2,1-9H3,(H,48,49)(H,50,57)(H,51,58)/t36-,37-,39-,40-/m0/s1. The molecule has 0 unspecified atom stereocenters. The number of hydrogen-bond acceptors (Lipinski definition) is 9. The van der Waals surface area contributed by atoms with Crippen LogP contribution >= 0.6 is 0 Å². The van der Waals surface area contributed by atoms with Gasteiger partial charge in [-0.15, -0.1) is 0 Å². The Kier molecular flexibility index (Phi) is 14.8. The second kappa shape index (κ2) is 20.0. The Bertz CT molecular complexity index is 2290. The Morgan fingerprint density at radius 3 is 1.97 bits per heavy atom. The van der Waals surface area contributed by atoms with E-state index in [0.29, 0.717) is 32.3 Å². The summed E-state index contributed by atoms with van der Waals surface area (Å²) in [5.74, 6) is 7.49. The van der Waals surface area contributed by atoms with Crippen LogP contribution in [0.25, 0.3) is 22.3 Å². The zero-order valence-electron chi connectivity index (χ0n) is 37.5. The van der Waals surface area contributed by atoms with Gasteiger partial charge < -0.3 is 44.2 Å². The number of fused-ring (bicyclic) bond motifs is 1. The van der Waals surface area contributed by atoms with E-state index in [1.807, 2.05) is 81.3 Å². The number of methoxy groups -OCH3 is 2. The SMILES string of the molecule is COC(=O)N[C@H](C(=O)N1CCC[C@H]1c1nc2ccc(C#Cc3ccc(-c4cnc([C@@H]5CCCN5C(=O)[C@@H](NC(=O)OC)C(C)C)n4COCC[Si](C)(C)C)cc3)cc2[nH]1)C(C)C. The van der Waals surface area contributed by atoms with Crippen LogP contribution in [0.4, 0.5) is 9.59 Å². The Morgan fingerprint density at radius 1 is 0.823 bits per heavy atom. The maximum absolute atomic E-state index is 14.0. The van der Waals surface area contributed by atoms with Crippen LogP contribution in [-0.2, 0) is 30.5 Å². The maximum Gasteiger partial charge on any atom is 0.407 e. The molecule has 62 heavy (non-hydrogen) atoms. The van der Waals surface area contributed by atoms with Crippen molar-refractivity contribution in [3.8, 4) is 23.1 Å². The zero-order chi connectivity index (χ0) is 44.7. The monoisotopic (exact) mass is 866 g/mol. The quantitative estimate of drug-likeness (QED) is 0.0672. The summed E-state index contributed by atoms with van der Waals surface area (Å²) in [5.41, 5.74) is 5.08. The molecule has 4 heterocycles. The summed E-state index contributed by atoms with van der Waals surface area (Å²) in [5, 5.41) is 5.44. The van der Waals surface area contributed by atoms with Gasteiger partial charge in [-0.1, -0.05) is 71.3 Å². The van der Waals surface area contributed by atoms with Gasteiger partial charge in [-0.3, -0.25) is 9.59 Å². The van der Waals surface area contributed by atoms with E-state index in [-0.39, 0.29) is 35.7 Å². The number of alkyl carbamates (subject to hydrolysis) is 2. The van der Waals surface area contributed by atoms with Gasteiger partial charge in [0.1, 0.15) is 30.5 Å². The van der Waals surface area contributed by atoms with Crippen LogP contribution < -0.4 is 10.6 Å². The van der Waals surface area contributed by atoms with Crippen LogP contribution in [0.2, 0.25) is 25.7 Å². The average molecular weight is 867 g/mol. The highest BCUT2D eigenvalue weighted by molar-refractivity contribution is 6.76. The van der Waals surface area contributed by atoms with Crippen LogP contribution in [-0.4, -0.2) is 107 Å². The number of likely N-dealkylation sites (tertiary alicyclic amines) is 2. The molecule has 4 amide bonds. The van der Waals surface area contributed by atoms with Gasteiger partial charge in [0, 0.05) is 38.9 Å². The molecule has 2 saturated heterocycles. The fraction of sp³-hybridized carbons (Fsp3) is 0.522. The first kappa shape index (κ1) is 45.9. The summed E-state index contributed by atoms with van der Waals surface area (Å²) in [6.45, 7) is 16.6. The molecule has 2 aromatic carbocycles. The zero-order valence-corrected chi connectivity index (χ0v) is 38.5. The van der Waals surface area contributed by atoms with E-state index in [0.717, 1.165) is 71.0 Å². The molecule has 2 aliphatic rings. The normalized spacial score (nSPS) is 17.5. The van der Waals surface area contributed by atoms with Crippen molar-refractivity contribution in [3.63, 3.8) is 0 Å². The number of ether oxygens (including phenoxy) is 3. The number of carbonyl (C=O) groups excluding carboxylic acids is 4. The summed E-state index contributed by atoms with van der Waals surface area (Å²) in [6, 6.07) is 12.9. The van der Waals surface area contributed by atoms with Crippen LogP contribution in [0.1, 0.15) is 88.2 Å². The van der Waals surface area contributed by atoms with Gasteiger partial charge in [0.2, 0.25) is 11.8 Å². The van der Waals surface area contributed by atoms with Crippen molar-refractivity contribution in [2.75, 3.05) is 33.9 Å². The van der Waals surface area contributed by atoms with Gasteiger partial charge in [-0.05, 0) is 79.5 Å². The Morgan fingerprint density at radius 2 is 1.39 bits per heavy atom. The third-order valence-electron chi connectivity index (χ3n) is 11.6. The van der Waals surface area contributed by atoms with Gasteiger partial charge in [0.05, 0.1) is 49.2 Å². The molecule has 0 saturated carbocycles. The van der Waals surface area contributed by atoms with Gasteiger partial charge in [-0.25, -0.2) is 19.6 Å². The van der Waals surface area contributed by atoms with E-state index >= 15 is 0 Å². The minimum atomic E-state index is -1.33. The van der Waals surface area contributed by atoms with Gasteiger partial charge in [0.15, 0.2) is 0 Å². The van der Waals surface area contributed by atoms with Gasteiger partial charge in [0.25, 0.3) is 0 Å². The number of aromatic amines is 1. The molecule has 332 valence electrons. The predicted octanol–water partition coefficient (Wildman–Crippen LogP) is 7.23. The van der Waals surface area contributed by atoms with E-state index < -0.39 is 32.3 Å². The number of imidazole rings is 2. The molecule has 0 radical (unpaired) electrons. The number of carbonyl (C=O) groups is 4. The third kappa shape index (κ3) is 10.9. The van der Waals surface area contributed by atoms with E-state index in [4.69, 9.17) is 24.2 Å². The molecular formula is C46H62N8O7Si. The number of aromatic nitrogens is 4. The smallest absolute Gasteiger partial charge is 0.407 e. The molecule has 0 bridgehead atoms. The molecule has 3 N–H and O–H groups in total. The van der Waals surface area contributed by atoms with Crippen LogP contribution in [0.15, 0.2) is 48.7 Å². The van der Waals surface area contributed by atoms with E-state index in [2.05, 4.69) is 51.7 Å². The predicted molar refractivity (Wildman–Crippen MR) is 240 cm³/mol. The van der Waals surface area contributed by atoms with Crippen LogP contribution in [0.5, 0.6) is 0 Å². The van der Waals surface area contributed by atoms with Crippen molar-refractivity contribution >= 4 is 43.1 Å². The Hall–Kier alpha value is -5.66. The Labute approximate surface area is 365 Å².